The molecule has 0 spiro atoms. The molecule has 5 rings (SSSR count). The second-order valence-corrected chi connectivity index (χ2v) is 8.53. The van der Waals surface area contributed by atoms with Gasteiger partial charge in [0, 0.05) is 42.5 Å². The van der Waals surface area contributed by atoms with Crippen LogP contribution < -0.4 is 5.32 Å². The number of nitrogens with one attached hydrogen (secondary N) is 1. The standard InChI is InChI=1S/C23H28N6/c1-15-5-4-6-19(26-15)21-22(29-18-8-7-17(13-18)23(29)27-21)16-9-10-24-20(14-16)25-11-12-28(2)3/h4-6,9-10,14,17-18H,7-8,11-13H2,1-3H3,(H,24,25)/t17-,18+/m1/s1. The molecule has 3 aromatic heterocycles. The van der Waals surface area contributed by atoms with E-state index in [1.165, 1.54) is 30.8 Å². The Labute approximate surface area is 172 Å². The highest BCUT2D eigenvalue weighted by atomic mass is 15.2. The zero-order chi connectivity index (χ0) is 20.0. The first-order chi connectivity index (χ1) is 14.1. The van der Waals surface area contributed by atoms with Crippen molar-refractivity contribution >= 4 is 5.82 Å². The molecule has 29 heavy (non-hydrogen) atoms. The van der Waals surface area contributed by atoms with Gasteiger partial charge in [0.05, 0.1) is 11.4 Å². The predicted molar refractivity (Wildman–Crippen MR) is 116 cm³/mol. The number of nitrogens with zero attached hydrogens (tertiary/aromatic N) is 5. The van der Waals surface area contributed by atoms with Gasteiger partial charge in [-0.1, -0.05) is 6.07 Å². The van der Waals surface area contributed by atoms with Crippen LogP contribution in [0.4, 0.5) is 5.82 Å². The third kappa shape index (κ3) is 3.31. The van der Waals surface area contributed by atoms with Gasteiger partial charge < -0.3 is 14.8 Å². The fourth-order valence-corrected chi connectivity index (χ4v) is 4.75. The monoisotopic (exact) mass is 388 g/mol. The molecule has 2 aliphatic rings. The lowest BCUT2D eigenvalue weighted by molar-refractivity contribution is 0.425. The Kier molecular flexibility index (Phi) is 4.59. The van der Waals surface area contributed by atoms with Gasteiger partial charge in [0.15, 0.2) is 0 Å². The fourth-order valence-electron chi connectivity index (χ4n) is 4.75. The van der Waals surface area contributed by atoms with Gasteiger partial charge in [-0.15, -0.1) is 0 Å². The van der Waals surface area contributed by atoms with E-state index in [-0.39, 0.29) is 0 Å². The van der Waals surface area contributed by atoms with Crippen molar-refractivity contribution in [3.05, 3.63) is 48.0 Å². The van der Waals surface area contributed by atoms with E-state index >= 15 is 0 Å². The second-order valence-electron chi connectivity index (χ2n) is 8.53. The number of hydrogen-bond acceptors (Lipinski definition) is 5. The van der Waals surface area contributed by atoms with Crippen LogP contribution in [0.25, 0.3) is 22.6 Å². The summed E-state index contributed by atoms with van der Waals surface area (Å²) in [7, 11) is 4.16. The smallest absolute Gasteiger partial charge is 0.126 e. The highest BCUT2D eigenvalue weighted by molar-refractivity contribution is 5.79. The van der Waals surface area contributed by atoms with Gasteiger partial charge in [-0.25, -0.2) is 9.97 Å². The normalized spacial score (nSPS) is 19.7. The first-order valence-corrected chi connectivity index (χ1v) is 10.5. The minimum absolute atomic E-state index is 0.564. The zero-order valence-corrected chi connectivity index (χ0v) is 17.4. The second kappa shape index (κ2) is 7.26. The minimum Gasteiger partial charge on any atom is -0.369 e. The van der Waals surface area contributed by atoms with Crippen LogP contribution in [-0.2, 0) is 0 Å². The number of hydrogen-bond donors (Lipinski definition) is 1. The maximum atomic E-state index is 5.13. The van der Waals surface area contributed by atoms with E-state index < -0.39 is 0 Å². The number of imidazole rings is 1. The molecular formula is C23H28N6. The van der Waals surface area contributed by atoms with Crippen molar-refractivity contribution in [2.45, 2.75) is 38.1 Å². The SMILES string of the molecule is Cc1cccc(-c2nc3n(c2-c2ccnc(NCCN(C)C)c2)[C@H]2CC[C@@H]3C2)n1. The van der Waals surface area contributed by atoms with Crippen molar-refractivity contribution in [3.8, 4) is 22.6 Å². The van der Waals surface area contributed by atoms with Gasteiger partial charge in [-0.2, -0.15) is 0 Å². The summed E-state index contributed by atoms with van der Waals surface area (Å²) in [4.78, 5) is 16.6. The van der Waals surface area contributed by atoms with E-state index in [0.717, 1.165) is 41.6 Å². The summed E-state index contributed by atoms with van der Waals surface area (Å²) in [5.74, 6) is 2.75. The summed E-state index contributed by atoms with van der Waals surface area (Å²) in [6, 6.07) is 11.0. The van der Waals surface area contributed by atoms with Crippen LogP contribution in [0.3, 0.4) is 0 Å². The predicted octanol–water partition coefficient (Wildman–Crippen LogP) is 4.11. The Morgan fingerprint density at radius 1 is 1.17 bits per heavy atom. The molecule has 2 bridgehead atoms. The van der Waals surface area contributed by atoms with Crippen LogP contribution in [0.15, 0.2) is 36.5 Å². The third-order valence-electron chi connectivity index (χ3n) is 6.10. The number of pyridine rings is 2. The average molecular weight is 389 g/mol. The van der Waals surface area contributed by atoms with Crippen molar-refractivity contribution in [1.29, 1.82) is 0 Å². The number of anilines is 1. The van der Waals surface area contributed by atoms with Crippen molar-refractivity contribution in [1.82, 2.24) is 24.4 Å². The van der Waals surface area contributed by atoms with Gasteiger partial charge in [0.25, 0.3) is 0 Å². The molecule has 0 radical (unpaired) electrons. The van der Waals surface area contributed by atoms with E-state index in [1.54, 1.807) is 0 Å². The van der Waals surface area contributed by atoms with Crippen molar-refractivity contribution in [2.75, 3.05) is 32.5 Å². The Morgan fingerprint density at radius 2 is 2.07 bits per heavy atom. The summed E-state index contributed by atoms with van der Waals surface area (Å²) >= 11 is 0. The molecule has 1 N–H and O–H groups in total. The molecule has 0 amide bonds. The first kappa shape index (κ1) is 18.3. The molecule has 1 aliphatic carbocycles. The largest absolute Gasteiger partial charge is 0.369 e. The molecule has 150 valence electrons. The Bertz CT molecular complexity index is 1040. The molecule has 6 heteroatoms. The van der Waals surface area contributed by atoms with Crippen LogP contribution in [0.1, 0.15) is 42.7 Å². The summed E-state index contributed by atoms with van der Waals surface area (Å²) in [5.41, 5.74) is 5.34. The molecular weight excluding hydrogens is 360 g/mol. The number of aryl methyl sites for hydroxylation is 1. The zero-order valence-electron chi connectivity index (χ0n) is 17.4. The maximum Gasteiger partial charge on any atom is 0.126 e. The van der Waals surface area contributed by atoms with Crippen molar-refractivity contribution < 1.29 is 0 Å². The van der Waals surface area contributed by atoms with Crippen LogP contribution >= 0.6 is 0 Å². The molecule has 6 nitrogen and oxygen atoms in total. The lowest BCUT2D eigenvalue weighted by Crippen LogP contribution is -2.21. The fraction of sp³-hybridized carbons (Fsp3) is 0.435. The molecule has 1 fully saturated rings. The van der Waals surface area contributed by atoms with Crippen molar-refractivity contribution in [3.63, 3.8) is 0 Å². The topological polar surface area (TPSA) is 58.9 Å². The summed E-state index contributed by atoms with van der Waals surface area (Å²) < 4.78 is 2.49. The highest BCUT2D eigenvalue weighted by Gasteiger charge is 2.41. The van der Waals surface area contributed by atoms with Gasteiger partial charge in [-0.3, -0.25) is 4.98 Å². The number of aromatic nitrogens is 4. The summed E-state index contributed by atoms with van der Waals surface area (Å²) in [5, 5.41) is 3.45. The van der Waals surface area contributed by atoms with Crippen molar-refractivity contribution in [2.24, 2.45) is 0 Å². The van der Waals surface area contributed by atoms with E-state index in [2.05, 4.69) is 58.1 Å². The average Bonchev–Trinajstić information content (AvgIpc) is 3.40. The van der Waals surface area contributed by atoms with E-state index in [4.69, 9.17) is 9.97 Å². The Hall–Kier alpha value is -2.73. The van der Waals surface area contributed by atoms with Gasteiger partial charge >= 0.3 is 0 Å². The maximum absolute atomic E-state index is 5.13. The van der Waals surface area contributed by atoms with Gasteiger partial charge in [0.1, 0.15) is 17.3 Å². The van der Waals surface area contributed by atoms with Crippen LogP contribution in [0, 0.1) is 6.92 Å². The Balaban J connectivity index is 1.59. The lowest BCUT2D eigenvalue weighted by atomic mass is 10.1. The van der Waals surface area contributed by atoms with Crippen LogP contribution in [0.2, 0.25) is 0 Å². The van der Waals surface area contributed by atoms with Crippen LogP contribution in [0.5, 0.6) is 0 Å². The number of fused-ring (bicyclic) bond motifs is 5. The molecule has 2 atom stereocenters. The first-order valence-electron chi connectivity index (χ1n) is 10.5. The lowest BCUT2D eigenvalue weighted by Gasteiger charge is -2.18. The van der Waals surface area contributed by atoms with Gasteiger partial charge in [0.2, 0.25) is 0 Å². The quantitative estimate of drug-likeness (QED) is 0.689. The molecule has 0 saturated heterocycles. The third-order valence-corrected chi connectivity index (χ3v) is 6.10. The molecule has 1 saturated carbocycles. The molecule has 1 aliphatic heterocycles. The molecule has 3 aromatic rings. The number of rotatable bonds is 6. The molecule has 4 heterocycles. The van der Waals surface area contributed by atoms with Gasteiger partial charge in [-0.05, 0) is 64.5 Å². The van der Waals surface area contributed by atoms with Crippen LogP contribution in [-0.4, -0.2) is 51.6 Å². The molecule has 0 unspecified atom stereocenters. The highest BCUT2D eigenvalue weighted by Crippen LogP contribution is 2.52. The minimum atomic E-state index is 0.564. The van der Waals surface area contributed by atoms with E-state index in [1.807, 2.05) is 19.2 Å². The van der Waals surface area contributed by atoms with E-state index in [0.29, 0.717) is 12.0 Å². The summed E-state index contributed by atoms with van der Waals surface area (Å²) in [6.45, 7) is 3.87. The van der Waals surface area contributed by atoms with E-state index in [9.17, 15) is 0 Å². The number of likely N-dealkylation sites (N-methyl/N-ethyl adjacent to an activating group) is 1. The summed E-state index contributed by atoms with van der Waals surface area (Å²) in [6.07, 6.45) is 5.64. The molecule has 0 aromatic carbocycles. The Morgan fingerprint density at radius 3 is 2.90 bits per heavy atom.